The maximum Gasteiger partial charge on any atom is 0.238 e. The van der Waals surface area contributed by atoms with Gasteiger partial charge in [-0.3, -0.25) is 9.69 Å². The van der Waals surface area contributed by atoms with Crippen LogP contribution < -0.4 is 10.1 Å². The zero-order valence-corrected chi connectivity index (χ0v) is 16.3. The molecule has 0 saturated heterocycles. The van der Waals surface area contributed by atoms with Gasteiger partial charge in [-0.25, -0.2) is 0 Å². The lowest BCUT2D eigenvalue weighted by Crippen LogP contribution is -2.32. The largest absolute Gasteiger partial charge is 0.492 e. The monoisotopic (exact) mass is 386 g/mol. The van der Waals surface area contributed by atoms with Crippen molar-refractivity contribution < 1.29 is 9.53 Å². The summed E-state index contributed by atoms with van der Waals surface area (Å²) in [5.41, 5.74) is 0.714. The number of para-hydroxylation sites is 2. The van der Waals surface area contributed by atoms with Crippen LogP contribution in [0.4, 0.5) is 5.69 Å². The lowest BCUT2D eigenvalue weighted by atomic mass is 10.3. The summed E-state index contributed by atoms with van der Waals surface area (Å²) in [6.07, 6.45) is 0. The minimum absolute atomic E-state index is 0.0368. The lowest BCUT2D eigenvalue weighted by molar-refractivity contribution is -0.117. The average molecular weight is 387 g/mol. The summed E-state index contributed by atoms with van der Waals surface area (Å²) < 4.78 is 5.59. The van der Waals surface area contributed by atoms with E-state index in [-0.39, 0.29) is 5.91 Å². The molecule has 1 aromatic carbocycles. The molecule has 6 heteroatoms. The van der Waals surface area contributed by atoms with E-state index in [0.717, 1.165) is 13.1 Å². The highest BCUT2D eigenvalue weighted by molar-refractivity contribution is 7.10. The Hall–Kier alpha value is -2.15. The molecule has 0 aliphatic rings. The molecule has 4 nitrogen and oxygen atoms in total. The summed E-state index contributed by atoms with van der Waals surface area (Å²) in [4.78, 5) is 17.3. The molecule has 0 unspecified atom stereocenters. The second-order valence-corrected chi connectivity index (χ2v) is 7.85. The Bertz CT molecular complexity index is 765. The van der Waals surface area contributed by atoms with Gasteiger partial charge in [0.05, 0.1) is 18.8 Å². The van der Waals surface area contributed by atoms with Gasteiger partial charge in [0.15, 0.2) is 0 Å². The van der Waals surface area contributed by atoms with E-state index in [2.05, 4.69) is 33.1 Å². The van der Waals surface area contributed by atoms with Gasteiger partial charge in [-0.1, -0.05) is 24.3 Å². The van der Waals surface area contributed by atoms with E-state index < -0.39 is 0 Å². The van der Waals surface area contributed by atoms with Crippen LogP contribution in [0.25, 0.3) is 0 Å². The molecule has 2 aromatic heterocycles. The summed E-state index contributed by atoms with van der Waals surface area (Å²) in [5.74, 6) is 0.664. The molecular weight excluding hydrogens is 364 g/mol. The Morgan fingerprint density at radius 1 is 1.00 bits per heavy atom. The van der Waals surface area contributed by atoms with Crippen molar-refractivity contribution in [3.05, 3.63) is 69.0 Å². The van der Waals surface area contributed by atoms with Crippen molar-refractivity contribution in [1.29, 1.82) is 0 Å². The number of hydrogen-bond acceptors (Lipinski definition) is 5. The molecule has 0 bridgehead atoms. The summed E-state index contributed by atoms with van der Waals surface area (Å²) in [6, 6.07) is 15.8. The van der Waals surface area contributed by atoms with Crippen LogP contribution in [-0.4, -0.2) is 24.0 Å². The predicted molar refractivity (Wildman–Crippen MR) is 109 cm³/mol. The Morgan fingerprint density at radius 3 is 2.23 bits per heavy atom. The third-order valence-electron chi connectivity index (χ3n) is 3.75. The number of amides is 1. The van der Waals surface area contributed by atoms with Crippen molar-refractivity contribution in [2.75, 3.05) is 18.5 Å². The lowest BCUT2D eigenvalue weighted by Gasteiger charge is -2.21. The van der Waals surface area contributed by atoms with Crippen molar-refractivity contribution in [2.24, 2.45) is 0 Å². The molecule has 2 heterocycles. The molecule has 26 heavy (non-hydrogen) atoms. The van der Waals surface area contributed by atoms with Gasteiger partial charge in [0.1, 0.15) is 5.75 Å². The second-order valence-electron chi connectivity index (χ2n) is 5.78. The number of nitrogens with zero attached hydrogens (tertiary/aromatic N) is 1. The summed E-state index contributed by atoms with van der Waals surface area (Å²) in [7, 11) is 0. The topological polar surface area (TPSA) is 41.6 Å². The average Bonchev–Trinajstić information content (AvgIpc) is 3.31. The smallest absolute Gasteiger partial charge is 0.238 e. The SMILES string of the molecule is CCOc1ccccc1NC(=O)CN(Cc1cccs1)Cc1cccs1. The standard InChI is InChI=1S/C20H22N2O2S2/c1-2-24-19-10-4-3-9-18(19)21-20(23)15-22(13-16-7-5-11-25-16)14-17-8-6-12-26-17/h3-12H,2,13-15H2,1H3,(H,21,23). The highest BCUT2D eigenvalue weighted by atomic mass is 32.1. The number of benzene rings is 1. The van der Waals surface area contributed by atoms with E-state index in [9.17, 15) is 4.79 Å². The predicted octanol–water partition coefficient (Wildman–Crippen LogP) is 4.85. The van der Waals surface area contributed by atoms with Gasteiger partial charge in [-0.15, -0.1) is 22.7 Å². The van der Waals surface area contributed by atoms with E-state index in [4.69, 9.17) is 4.74 Å². The van der Waals surface area contributed by atoms with Gasteiger partial charge in [-0.2, -0.15) is 0 Å². The zero-order chi connectivity index (χ0) is 18.2. The van der Waals surface area contributed by atoms with Gasteiger partial charge >= 0.3 is 0 Å². The van der Waals surface area contributed by atoms with Crippen molar-refractivity contribution in [1.82, 2.24) is 4.90 Å². The molecule has 0 spiro atoms. The van der Waals surface area contributed by atoms with Crippen molar-refractivity contribution in [3.63, 3.8) is 0 Å². The van der Waals surface area contributed by atoms with E-state index in [1.165, 1.54) is 9.75 Å². The Kier molecular flexibility index (Phi) is 6.82. The van der Waals surface area contributed by atoms with Crippen LogP contribution in [0.2, 0.25) is 0 Å². The normalized spacial score (nSPS) is 10.8. The van der Waals surface area contributed by atoms with E-state index >= 15 is 0 Å². The van der Waals surface area contributed by atoms with Gasteiger partial charge in [0.2, 0.25) is 5.91 Å². The van der Waals surface area contributed by atoms with Crippen LogP contribution in [-0.2, 0) is 17.9 Å². The molecule has 1 N–H and O–H groups in total. The van der Waals surface area contributed by atoms with Gasteiger partial charge in [-0.05, 0) is 41.9 Å². The Labute approximate surface area is 162 Å². The summed E-state index contributed by atoms with van der Waals surface area (Å²) in [6.45, 7) is 4.35. The van der Waals surface area contributed by atoms with Gasteiger partial charge in [0, 0.05) is 22.8 Å². The third kappa shape index (κ3) is 5.42. The molecule has 0 saturated carbocycles. The number of ether oxygens (including phenoxy) is 1. The van der Waals surface area contributed by atoms with Crippen LogP contribution in [0.3, 0.4) is 0 Å². The molecule has 0 aliphatic heterocycles. The first-order chi connectivity index (χ1) is 12.7. The Balaban J connectivity index is 1.66. The first kappa shape index (κ1) is 18.6. The molecule has 0 radical (unpaired) electrons. The van der Waals surface area contributed by atoms with Crippen molar-refractivity contribution in [3.8, 4) is 5.75 Å². The fourth-order valence-electron chi connectivity index (χ4n) is 2.66. The molecule has 3 aromatic rings. The number of hydrogen-bond donors (Lipinski definition) is 1. The van der Waals surface area contributed by atoms with Crippen LogP contribution in [0.5, 0.6) is 5.75 Å². The molecular formula is C20H22N2O2S2. The Morgan fingerprint density at radius 2 is 1.65 bits per heavy atom. The number of carbonyl (C=O) groups is 1. The fraction of sp³-hybridized carbons (Fsp3) is 0.250. The maximum absolute atomic E-state index is 12.6. The van der Waals surface area contributed by atoms with Crippen LogP contribution in [0, 0.1) is 0 Å². The molecule has 0 atom stereocenters. The number of rotatable bonds is 9. The minimum atomic E-state index is -0.0368. The third-order valence-corrected chi connectivity index (χ3v) is 5.47. The molecule has 0 fully saturated rings. The maximum atomic E-state index is 12.6. The molecule has 1 amide bonds. The van der Waals surface area contributed by atoms with Crippen LogP contribution in [0.1, 0.15) is 16.7 Å². The van der Waals surface area contributed by atoms with Gasteiger partial charge < -0.3 is 10.1 Å². The van der Waals surface area contributed by atoms with Crippen LogP contribution >= 0.6 is 22.7 Å². The second kappa shape index (κ2) is 9.52. The van der Waals surface area contributed by atoms with Gasteiger partial charge in [0.25, 0.3) is 0 Å². The summed E-state index contributed by atoms with van der Waals surface area (Å²) >= 11 is 3.43. The minimum Gasteiger partial charge on any atom is -0.492 e. The first-order valence-electron chi connectivity index (χ1n) is 8.53. The van der Waals surface area contributed by atoms with E-state index in [1.807, 2.05) is 43.3 Å². The number of nitrogens with one attached hydrogen (secondary N) is 1. The number of anilines is 1. The number of carbonyl (C=O) groups excluding carboxylic acids is 1. The van der Waals surface area contributed by atoms with E-state index in [0.29, 0.717) is 24.6 Å². The summed E-state index contributed by atoms with van der Waals surface area (Å²) in [5, 5.41) is 7.12. The molecule has 0 aliphatic carbocycles. The quantitative estimate of drug-likeness (QED) is 0.572. The fourth-order valence-corrected chi connectivity index (χ4v) is 4.15. The first-order valence-corrected chi connectivity index (χ1v) is 10.3. The van der Waals surface area contributed by atoms with Crippen molar-refractivity contribution >= 4 is 34.3 Å². The highest BCUT2D eigenvalue weighted by Crippen LogP contribution is 2.24. The number of thiophene rings is 2. The van der Waals surface area contributed by atoms with E-state index in [1.54, 1.807) is 22.7 Å². The highest BCUT2D eigenvalue weighted by Gasteiger charge is 2.15. The molecule has 3 rings (SSSR count). The molecule has 136 valence electrons. The van der Waals surface area contributed by atoms with Crippen molar-refractivity contribution in [2.45, 2.75) is 20.0 Å². The zero-order valence-electron chi connectivity index (χ0n) is 14.7. The van der Waals surface area contributed by atoms with Crippen LogP contribution in [0.15, 0.2) is 59.3 Å².